The molecule has 2 amide bonds. The van der Waals surface area contributed by atoms with Crippen LogP contribution in [0.4, 0.5) is 11.4 Å². The lowest BCUT2D eigenvalue weighted by Crippen LogP contribution is -2.26. The fourth-order valence-corrected chi connectivity index (χ4v) is 7.23. The van der Waals surface area contributed by atoms with Gasteiger partial charge in [-0.25, -0.2) is 10.9 Å². The molecule has 0 fully saturated rings. The van der Waals surface area contributed by atoms with Gasteiger partial charge in [0.2, 0.25) is 0 Å². The van der Waals surface area contributed by atoms with Crippen molar-refractivity contribution in [1.29, 1.82) is 0 Å². The lowest BCUT2D eigenvalue weighted by atomic mass is 10.1. The van der Waals surface area contributed by atoms with Crippen molar-refractivity contribution in [1.82, 2.24) is 20.8 Å². The van der Waals surface area contributed by atoms with Gasteiger partial charge in [-0.3, -0.25) is 19.6 Å². The molecule has 0 aliphatic carbocycles. The van der Waals surface area contributed by atoms with Crippen LogP contribution >= 0.6 is 63.7 Å². The maximum atomic E-state index is 12.0. The molecule has 0 saturated heterocycles. The molecule has 6 rings (SSSR count). The number of aromatic hydroxyl groups is 1. The monoisotopic (exact) mass is 964 g/mol. The van der Waals surface area contributed by atoms with E-state index in [1.165, 1.54) is 6.21 Å². The maximum Gasteiger partial charge on any atom is 0.259 e. The lowest BCUT2D eigenvalue weighted by Gasteiger charge is -2.09. The number of phenols is 1. The highest BCUT2D eigenvalue weighted by Crippen LogP contribution is 2.35. The summed E-state index contributed by atoms with van der Waals surface area (Å²) in [5, 5.41) is 26.2. The number of benzene rings is 4. The first-order valence-corrected chi connectivity index (χ1v) is 19.1. The van der Waals surface area contributed by atoms with E-state index < -0.39 is 0 Å². The number of hydrogen-bond acceptors (Lipinski definition) is 9. The van der Waals surface area contributed by atoms with E-state index in [2.05, 4.69) is 105 Å². The molecule has 270 valence electrons. The van der Waals surface area contributed by atoms with E-state index in [1.807, 2.05) is 86.6 Å². The standard InChI is InChI=1S/C19H16Br2N4O2.C19H16Br2N4O/c1-11-14(20)8-12(19(27)18(11)21)9-24-25-17(26)10-23-16-6-2-5-15-13(16)4-3-7-22-15;1-12-15(20)8-13(9-16(12)21)10-24-25-19(26)11-23-18-6-2-5-17-14(18)4-3-7-22-17/h2-9,23,27H,10H2,1H3,(H,25,26);2-10,23H,11H2,1H3,(H,25,26)/b24-9+;24-10+. The smallest absolute Gasteiger partial charge is 0.259 e. The van der Waals surface area contributed by atoms with Gasteiger partial charge in [0, 0.05) is 53.5 Å². The second-order valence-corrected chi connectivity index (χ2v) is 14.7. The molecule has 0 aliphatic rings. The Kier molecular flexibility index (Phi) is 14.1. The number of fused-ring (bicyclic) bond motifs is 2. The van der Waals surface area contributed by atoms with Crippen molar-refractivity contribution in [3.8, 4) is 5.75 Å². The van der Waals surface area contributed by atoms with Crippen LogP contribution in [0.25, 0.3) is 21.8 Å². The maximum absolute atomic E-state index is 12.0. The van der Waals surface area contributed by atoms with Crippen molar-refractivity contribution in [2.24, 2.45) is 10.2 Å². The first-order chi connectivity index (χ1) is 25.5. The first-order valence-electron chi connectivity index (χ1n) is 15.9. The zero-order valence-electron chi connectivity index (χ0n) is 28.3. The Hall–Kier alpha value is -4.70. The SMILES string of the molecule is Cc1c(Br)cc(/C=N/NC(=O)CNc2cccc3ncccc23)c(O)c1Br.Cc1c(Br)cc(/C=N/NC(=O)CNc2cccc3ncccc23)cc1Br. The molecule has 6 aromatic rings. The van der Waals surface area contributed by atoms with Crippen molar-refractivity contribution in [2.75, 3.05) is 23.7 Å². The number of amides is 2. The normalized spacial score (nSPS) is 11.1. The lowest BCUT2D eigenvalue weighted by molar-refractivity contribution is -0.120. The molecule has 0 bridgehead atoms. The van der Waals surface area contributed by atoms with E-state index in [-0.39, 0.29) is 30.7 Å². The van der Waals surface area contributed by atoms with Crippen LogP contribution in [0, 0.1) is 13.8 Å². The van der Waals surface area contributed by atoms with Gasteiger partial charge in [-0.1, -0.05) is 59.9 Å². The minimum Gasteiger partial charge on any atom is -0.506 e. The van der Waals surface area contributed by atoms with Gasteiger partial charge in [0.25, 0.3) is 11.8 Å². The van der Waals surface area contributed by atoms with Crippen LogP contribution in [0.2, 0.25) is 0 Å². The Bertz CT molecular complexity index is 2320. The Morgan fingerprint density at radius 3 is 1.70 bits per heavy atom. The summed E-state index contributed by atoms with van der Waals surface area (Å²) >= 11 is 13.7. The summed E-state index contributed by atoms with van der Waals surface area (Å²) in [4.78, 5) is 32.6. The van der Waals surface area contributed by atoms with Crippen molar-refractivity contribution in [2.45, 2.75) is 13.8 Å². The number of carbonyl (C=O) groups is 2. The van der Waals surface area contributed by atoms with Crippen molar-refractivity contribution in [3.05, 3.63) is 131 Å². The zero-order valence-corrected chi connectivity index (χ0v) is 34.6. The molecule has 0 atom stereocenters. The number of carbonyl (C=O) groups excluding carboxylic acids is 2. The molecule has 53 heavy (non-hydrogen) atoms. The van der Waals surface area contributed by atoms with Gasteiger partial charge in [0.15, 0.2) is 0 Å². The molecule has 11 nitrogen and oxygen atoms in total. The first kappa shape index (κ1) is 39.5. The van der Waals surface area contributed by atoms with Crippen LogP contribution in [-0.2, 0) is 9.59 Å². The number of nitrogens with one attached hydrogen (secondary N) is 4. The minimum atomic E-state index is -0.308. The van der Waals surface area contributed by atoms with Gasteiger partial charge in [0.1, 0.15) is 5.75 Å². The molecular weight excluding hydrogens is 936 g/mol. The number of rotatable bonds is 10. The third kappa shape index (κ3) is 10.7. The molecule has 0 saturated carbocycles. The fraction of sp³-hybridized carbons (Fsp3) is 0.105. The van der Waals surface area contributed by atoms with Gasteiger partial charge in [0.05, 0.1) is 41.0 Å². The molecule has 0 aliphatic heterocycles. The largest absolute Gasteiger partial charge is 0.506 e. The van der Waals surface area contributed by atoms with E-state index in [1.54, 1.807) is 24.7 Å². The van der Waals surface area contributed by atoms with Crippen LogP contribution in [0.3, 0.4) is 0 Å². The van der Waals surface area contributed by atoms with Gasteiger partial charge in [-0.15, -0.1) is 0 Å². The summed E-state index contributed by atoms with van der Waals surface area (Å²) in [6.07, 6.45) is 6.47. The predicted molar refractivity (Wildman–Crippen MR) is 227 cm³/mol. The number of phenolic OH excluding ortho intramolecular Hbond substituents is 1. The number of hydrogen-bond donors (Lipinski definition) is 5. The average molecular weight is 968 g/mol. The summed E-state index contributed by atoms with van der Waals surface area (Å²) in [6, 6.07) is 24.7. The molecule has 0 spiro atoms. The average Bonchev–Trinajstić information content (AvgIpc) is 3.16. The number of hydrazone groups is 2. The van der Waals surface area contributed by atoms with Crippen LogP contribution in [0.15, 0.2) is 119 Å². The predicted octanol–water partition coefficient (Wildman–Crippen LogP) is 8.97. The number of pyridine rings is 2. The molecule has 0 radical (unpaired) electrons. The van der Waals surface area contributed by atoms with Crippen LogP contribution in [0.1, 0.15) is 22.3 Å². The number of anilines is 2. The Labute approximate surface area is 339 Å². The second-order valence-electron chi connectivity index (χ2n) is 11.4. The van der Waals surface area contributed by atoms with E-state index in [0.717, 1.165) is 63.3 Å². The van der Waals surface area contributed by atoms with Crippen molar-refractivity contribution >= 4 is 121 Å². The van der Waals surface area contributed by atoms with Gasteiger partial charge >= 0.3 is 0 Å². The van der Waals surface area contributed by atoms with E-state index >= 15 is 0 Å². The summed E-state index contributed by atoms with van der Waals surface area (Å²) < 4.78 is 3.36. The third-order valence-corrected chi connectivity index (χ3v) is 11.2. The molecule has 2 aromatic heterocycles. The summed E-state index contributed by atoms with van der Waals surface area (Å²) in [5.41, 5.74) is 11.7. The van der Waals surface area contributed by atoms with E-state index in [0.29, 0.717) is 10.0 Å². The Balaban J connectivity index is 0.000000204. The fourth-order valence-electron chi connectivity index (χ4n) is 4.86. The molecule has 5 N–H and O–H groups in total. The number of halogens is 4. The van der Waals surface area contributed by atoms with Gasteiger partial charge < -0.3 is 15.7 Å². The summed E-state index contributed by atoms with van der Waals surface area (Å²) in [6.45, 7) is 4.04. The van der Waals surface area contributed by atoms with Crippen LogP contribution in [0.5, 0.6) is 5.75 Å². The van der Waals surface area contributed by atoms with Gasteiger partial charge in [-0.05, 0) is 113 Å². The highest BCUT2D eigenvalue weighted by atomic mass is 79.9. The summed E-state index contributed by atoms with van der Waals surface area (Å²) in [7, 11) is 0. The third-order valence-electron chi connectivity index (χ3n) is 7.72. The minimum absolute atomic E-state index is 0.0542. The number of nitrogens with zero attached hydrogens (tertiary/aromatic N) is 4. The highest BCUT2D eigenvalue weighted by Gasteiger charge is 2.11. The van der Waals surface area contributed by atoms with Crippen LogP contribution < -0.4 is 21.5 Å². The molecule has 4 aromatic carbocycles. The Morgan fingerprint density at radius 1 is 0.679 bits per heavy atom. The quantitative estimate of drug-likeness (QED) is 0.0679. The molecule has 0 unspecified atom stereocenters. The zero-order chi connectivity index (χ0) is 37.9. The summed E-state index contributed by atoms with van der Waals surface area (Å²) in [5.74, 6) is -0.473. The van der Waals surface area contributed by atoms with Gasteiger partial charge in [-0.2, -0.15) is 10.2 Å². The van der Waals surface area contributed by atoms with E-state index in [4.69, 9.17) is 0 Å². The topological polar surface area (TPSA) is 153 Å². The Morgan fingerprint density at radius 2 is 1.17 bits per heavy atom. The number of aromatic nitrogens is 2. The van der Waals surface area contributed by atoms with E-state index in [9.17, 15) is 14.7 Å². The second kappa shape index (κ2) is 18.9. The van der Waals surface area contributed by atoms with Crippen molar-refractivity contribution in [3.63, 3.8) is 0 Å². The van der Waals surface area contributed by atoms with Crippen LogP contribution in [-0.4, -0.2) is 52.4 Å². The molecular formula is C38H32Br4N8O3. The molecule has 15 heteroatoms. The van der Waals surface area contributed by atoms with Crippen molar-refractivity contribution < 1.29 is 14.7 Å². The molecule has 2 heterocycles. The highest BCUT2D eigenvalue weighted by molar-refractivity contribution is 9.11.